The smallest absolute Gasteiger partial charge is 0.354 e. The van der Waals surface area contributed by atoms with Crippen LogP contribution in [-0.2, 0) is 25.5 Å². The van der Waals surface area contributed by atoms with Gasteiger partial charge in [-0.25, -0.2) is 9.78 Å². The van der Waals surface area contributed by atoms with Crippen LogP contribution in [0.5, 0.6) is 0 Å². The number of fused-ring (bicyclic) bond motifs is 3. The van der Waals surface area contributed by atoms with Gasteiger partial charge in [-0.2, -0.15) is 0 Å². The molecule has 5 aromatic rings. The molecular weight excluding hydrogens is 637 g/mol. The summed E-state index contributed by atoms with van der Waals surface area (Å²) >= 11 is 0. The number of aromatic nitrogens is 2. The van der Waals surface area contributed by atoms with E-state index in [-0.39, 0.29) is 31.2 Å². The van der Waals surface area contributed by atoms with Gasteiger partial charge < -0.3 is 5.11 Å². The number of hydrogen-bond acceptors (Lipinski definition) is 3. The molecule has 5 heteroatoms. The van der Waals surface area contributed by atoms with Crippen molar-refractivity contribution in [2.45, 2.75) is 19.3 Å². The fraction of sp³-hybridized carbons (Fsp3) is 0.0938. The van der Waals surface area contributed by atoms with Crippen LogP contribution in [0.2, 0.25) is 0 Å². The van der Waals surface area contributed by atoms with Crippen molar-refractivity contribution in [2.24, 2.45) is 0 Å². The number of aromatic carboxylic acids is 1. The van der Waals surface area contributed by atoms with Crippen molar-refractivity contribution < 1.29 is 30.0 Å². The van der Waals surface area contributed by atoms with Crippen molar-refractivity contribution in [1.82, 2.24) is 9.97 Å². The van der Waals surface area contributed by atoms with Crippen molar-refractivity contribution in [3.8, 4) is 22.4 Å². The molecule has 0 amide bonds. The number of nitrogens with zero attached hydrogens (tertiary/aromatic N) is 2. The summed E-state index contributed by atoms with van der Waals surface area (Å²) in [5.74, 6) is -0.990. The van der Waals surface area contributed by atoms with Gasteiger partial charge in [-0.3, -0.25) is 4.98 Å². The van der Waals surface area contributed by atoms with E-state index in [1.54, 1.807) is 12.1 Å². The molecule has 0 bridgehead atoms. The molecule has 0 atom stereocenters. The zero-order chi connectivity index (χ0) is 24.9. The minimum atomic E-state index is -0.990. The fourth-order valence-electron chi connectivity index (χ4n) is 5.31. The molecule has 183 valence electrons. The molecular formula is C32H23IrN2O2-. The minimum Gasteiger partial charge on any atom is -0.477 e. The molecule has 2 aliphatic carbocycles. The zero-order valence-electron chi connectivity index (χ0n) is 20.3. The second-order valence-corrected chi connectivity index (χ2v) is 9.50. The van der Waals surface area contributed by atoms with Gasteiger partial charge in [-0.05, 0) is 46.0 Å². The number of hydrogen-bond donors (Lipinski definition) is 1. The summed E-state index contributed by atoms with van der Waals surface area (Å²) in [5, 5.41) is 9.58. The first-order valence-electron chi connectivity index (χ1n) is 11.9. The van der Waals surface area contributed by atoms with E-state index in [1.165, 1.54) is 51.0 Å². The van der Waals surface area contributed by atoms with E-state index in [0.29, 0.717) is 0 Å². The zero-order valence-corrected chi connectivity index (χ0v) is 22.7. The Morgan fingerprint density at radius 3 is 2.43 bits per heavy atom. The Hall–Kier alpha value is -3.92. The molecule has 0 saturated carbocycles. The Labute approximate surface area is 229 Å². The van der Waals surface area contributed by atoms with Crippen LogP contribution in [0.3, 0.4) is 0 Å². The average molecular weight is 660 g/mol. The molecule has 0 saturated heterocycles. The Morgan fingerprint density at radius 2 is 1.68 bits per heavy atom. The van der Waals surface area contributed by atoms with E-state index in [0.717, 1.165) is 16.8 Å². The minimum absolute atomic E-state index is 0. The molecule has 3 aromatic carbocycles. The maximum absolute atomic E-state index is 10.1. The van der Waals surface area contributed by atoms with Crippen LogP contribution >= 0.6 is 0 Å². The third-order valence-electron chi connectivity index (χ3n) is 7.02. The molecule has 4 nitrogen and oxygen atoms in total. The fourth-order valence-corrected chi connectivity index (χ4v) is 5.31. The Balaban J connectivity index is 0.000000241. The number of rotatable bonds is 2. The summed E-state index contributed by atoms with van der Waals surface area (Å²) in [6.07, 6.45) is 5.83. The normalized spacial score (nSPS) is 13.2. The Bertz CT molecular complexity index is 1690. The summed E-state index contributed by atoms with van der Waals surface area (Å²) in [4.78, 5) is 18.8. The van der Waals surface area contributed by atoms with Crippen molar-refractivity contribution >= 4 is 29.0 Å². The average Bonchev–Trinajstić information content (AvgIpc) is 3.43. The SMILES string of the molecule is CC1(C)c2ccccc2-c2c(-c3cc4c5c(cccc5n3)C=C4)[c-]ccc21.O=C(O)c1ccccn1.[Ir]. The van der Waals surface area contributed by atoms with Gasteiger partial charge in [0.25, 0.3) is 0 Å². The first-order valence-corrected chi connectivity index (χ1v) is 11.9. The van der Waals surface area contributed by atoms with Crippen LogP contribution in [0.1, 0.15) is 46.6 Å². The molecule has 0 aliphatic heterocycles. The molecule has 37 heavy (non-hydrogen) atoms. The molecule has 2 heterocycles. The van der Waals surface area contributed by atoms with Crippen LogP contribution in [-0.4, -0.2) is 21.0 Å². The quantitative estimate of drug-likeness (QED) is 0.199. The Morgan fingerprint density at radius 1 is 0.892 bits per heavy atom. The molecule has 1 radical (unpaired) electrons. The van der Waals surface area contributed by atoms with E-state index >= 15 is 0 Å². The summed E-state index contributed by atoms with van der Waals surface area (Å²) in [6, 6.07) is 29.9. The molecule has 0 spiro atoms. The molecule has 0 fully saturated rings. The molecule has 7 rings (SSSR count). The van der Waals surface area contributed by atoms with E-state index in [2.05, 4.69) is 97.7 Å². The van der Waals surface area contributed by atoms with Crippen molar-refractivity contribution in [1.29, 1.82) is 0 Å². The van der Waals surface area contributed by atoms with Gasteiger partial charge in [-0.1, -0.05) is 85.7 Å². The van der Waals surface area contributed by atoms with Crippen molar-refractivity contribution in [3.05, 3.63) is 119 Å². The van der Waals surface area contributed by atoms with Gasteiger partial charge >= 0.3 is 5.97 Å². The van der Waals surface area contributed by atoms with Crippen LogP contribution in [0.15, 0.2) is 85.1 Å². The van der Waals surface area contributed by atoms with Gasteiger partial charge in [0.15, 0.2) is 0 Å². The first kappa shape index (κ1) is 24.8. The van der Waals surface area contributed by atoms with E-state index in [4.69, 9.17) is 10.1 Å². The summed E-state index contributed by atoms with van der Waals surface area (Å²) in [7, 11) is 0. The van der Waals surface area contributed by atoms with Gasteiger partial charge in [0.05, 0.1) is 5.52 Å². The number of carbonyl (C=O) groups is 1. The molecule has 2 aromatic heterocycles. The van der Waals surface area contributed by atoms with Gasteiger partial charge in [0, 0.05) is 31.7 Å². The van der Waals surface area contributed by atoms with Crippen LogP contribution < -0.4 is 0 Å². The largest absolute Gasteiger partial charge is 0.477 e. The first-order chi connectivity index (χ1) is 17.4. The van der Waals surface area contributed by atoms with Crippen LogP contribution in [0.25, 0.3) is 45.4 Å². The molecule has 1 N–H and O–H groups in total. The monoisotopic (exact) mass is 660 g/mol. The van der Waals surface area contributed by atoms with Gasteiger partial charge in [0.2, 0.25) is 0 Å². The molecule has 0 unspecified atom stereocenters. The van der Waals surface area contributed by atoms with Crippen molar-refractivity contribution in [3.63, 3.8) is 0 Å². The Kier molecular flexibility index (Phi) is 6.36. The predicted molar refractivity (Wildman–Crippen MR) is 144 cm³/mol. The third-order valence-corrected chi connectivity index (χ3v) is 7.02. The number of carboxylic acids is 1. The summed E-state index contributed by atoms with van der Waals surface area (Å²) < 4.78 is 0. The topological polar surface area (TPSA) is 63.1 Å². The van der Waals surface area contributed by atoms with Crippen LogP contribution in [0, 0.1) is 6.07 Å². The van der Waals surface area contributed by atoms with E-state index in [1.807, 2.05) is 0 Å². The van der Waals surface area contributed by atoms with E-state index in [9.17, 15) is 4.79 Å². The second-order valence-electron chi connectivity index (χ2n) is 9.50. The van der Waals surface area contributed by atoms with Gasteiger partial charge in [-0.15, -0.1) is 29.3 Å². The predicted octanol–water partition coefficient (Wildman–Crippen LogP) is 7.27. The van der Waals surface area contributed by atoms with Gasteiger partial charge in [0.1, 0.15) is 5.69 Å². The maximum Gasteiger partial charge on any atom is 0.354 e. The maximum atomic E-state index is 10.1. The number of benzene rings is 3. The molecule has 2 aliphatic rings. The second kappa shape index (κ2) is 9.51. The number of carboxylic acid groups (broad SMARTS) is 1. The van der Waals surface area contributed by atoms with Crippen molar-refractivity contribution in [2.75, 3.05) is 0 Å². The van der Waals surface area contributed by atoms with E-state index < -0.39 is 5.97 Å². The standard InChI is InChI=1S/C26H18N.C6H5NO2.Ir/c1-26(2)20-10-4-3-8-18(20)25-19(9-6-11-21(25)26)23-15-17-14-13-16-7-5-12-22(27-23)24(16)17;8-6(9)5-3-1-2-4-7-5;/h3-8,10-15H,1-2H3;1-4H,(H,8,9);/q-1;;. The number of pyridine rings is 2. The van der Waals surface area contributed by atoms with Crippen LogP contribution in [0.4, 0.5) is 0 Å². The third kappa shape index (κ3) is 4.11. The summed E-state index contributed by atoms with van der Waals surface area (Å²) in [5.41, 5.74) is 11.1. The summed E-state index contributed by atoms with van der Waals surface area (Å²) in [6.45, 7) is 4.62.